The van der Waals surface area contributed by atoms with Crippen molar-refractivity contribution in [2.24, 2.45) is 5.73 Å². The third-order valence-electron chi connectivity index (χ3n) is 5.33. The second-order valence-electron chi connectivity index (χ2n) is 6.91. The van der Waals surface area contributed by atoms with Gasteiger partial charge in [0.1, 0.15) is 0 Å². The molecule has 21 heavy (non-hydrogen) atoms. The Morgan fingerprint density at radius 2 is 1.90 bits per heavy atom. The van der Waals surface area contributed by atoms with Crippen molar-refractivity contribution in [3.05, 3.63) is 33.8 Å². The molecule has 1 fully saturated rings. The van der Waals surface area contributed by atoms with E-state index in [4.69, 9.17) is 5.73 Å². The third-order valence-corrected chi connectivity index (χ3v) is 5.82. The number of nitrogens with one attached hydrogen (secondary N) is 1. The molecule has 0 bridgehead atoms. The van der Waals surface area contributed by atoms with Crippen LogP contribution in [0.1, 0.15) is 56.1 Å². The van der Waals surface area contributed by atoms with Crippen LogP contribution in [0.2, 0.25) is 0 Å². The number of hydrogen-bond acceptors (Lipinski definition) is 2. The molecule has 0 saturated heterocycles. The van der Waals surface area contributed by atoms with Gasteiger partial charge in [-0.3, -0.25) is 0 Å². The van der Waals surface area contributed by atoms with E-state index in [2.05, 4.69) is 39.4 Å². The number of aryl methyl sites for hydroxylation is 1. The molecular weight excluding hydrogens is 324 g/mol. The van der Waals surface area contributed by atoms with E-state index in [0.717, 1.165) is 19.4 Å². The van der Waals surface area contributed by atoms with E-state index in [9.17, 15) is 0 Å². The Bertz CT molecular complexity index is 480. The van der Waals surface area contributed by atoms with E-state index in [1.54, 1.807) is 0 Å². The molecule has 3 rings (SSSR count). The molecule has 0 aromatic heterocycles. The predicted octanol–water partition coefficient (Wildman–Crippen LogP) is 3.95. The highest BCUT2D eigenvalue weighted by Gasteiger charge is 2.35. The number of rotatable bonds is 3. The largest absolute Gasteiger partial charge is 0.329 e. The standard InChI is InChI=1S/C18H27BrN2/c19-16-8-7-15-12-18(13-20,10-9-14(15)11-16)21-17-5-3-1-2-4-6-17/h7-8,11,17,21H,1-6,9-10,12-13,20H2. The van der Waals surface area contributed by atoms with E-state index < -0.39 is 0 Å². The summed E-state index contributed by atoms with van der Waals surface area (Å²) in [6.07, 6.45) is 11.6. The van der Waals surface area contributed by atoms with Crippen LogP contribution in [0.25, 0.3) is 0 Å². The summed E-state index contributed by atoms with van der Waals surface area (Å²) in [6, 6.07) is 7.39. The van der Waals surface area contributed by atoms with Crippen LogP contribution >= 0.6 is 15.9 Å². The summed E-state index contributed by atoms with van der Waals surface area (Å²) in [5.41, 5.74) is 9.31. The zero-order valence-corrected chi connectivity index (χ0v) is 14.4. The van der Waals surface area contributed by atoms with Crippen LogP contribution in [0.3, 0.4) is 0 Å². The van der Waals surface area contributed by atoms with Gasteiger partial charge in [-0.1, -0.05) is 47.7 Å². The highest BCUT2D eigenvalue weighted by atomic mass is 79.9. The van der Waals surface area contributed by atoms with E-state index in [0.29, 0.717) is 6.04 Å². The maximum Gasteiger partial charge on any atom is 0.0350 e. The van der Waals surface area contributed by atoms with Crippen LogP contribution in [0.4, 0.5) is 0 Å². The van der Waals surface area contributed by atoms with E-state index in [1.807, 2.05) is 0 Å². The summed E-state index contributed by atoms with van der Waals surface area (Å²) in [4.78, 5) is 0. The Morgan fingerprint density at radius 1 is 1.14 bits per heavy atom. The van der Waals surface area contributed by atoms with Crippen LogP contribution < -0.4 is 11.1 Å². The normalized spacial score (nSPS) is 27.1. The second kappa shape index (κ2) is 6.80. The van der Waals surface area contributed by atoms with Gasteiger partial charge in [0.2, 0.25) is 0 Å². The Labute approximate surface area is 137 Å². The lowest BCUT2D eigenvalue weighted by atomic mass is 9.77. The van der Waals surface area contributed by atoms with Crippen molar-refractivity contribution in [1.82, 2.24) is 5.32 Å². The van der Waals surface area contributed by atoms with Gasteiger partial charge in [0.25, 0.3) is 0 Å². The van der Waals surface area contributed by atoms with Crippen LogP contribution in [0.15, 0.2) is 22.7 Å². The number of nitrogens with two attached hydrogens (primary N) is 1. The maximum absolute atomic E-state index is 6.21. The molecule has 116 valence electrons. The smallest absolute Gasteiger partial charge is 0.0350 e. The quantitative estimate of drug-likeness (QED) is 0.810. The molecule has 2 aliphatic carbocycles. The summed E-state index contributed by atoms with van der Waals surface area (Å²) in [6.45, 7) is 0.749. The third kappa shape index (κ3) is 3.69. The summed E-state index contributed by atoms with van der Waals surface area (Å²) in [5, 5.41) is 3.98. The first kappa shape index (κ1) is 15.5. The molecule has 0 heterocycles. The van der Waals surface area contributed by atoms with Crippen molar-refractivity contribution in [3.8, 4) is 0 Å². The van der Waals surface area contributed by atoms with E-state index in [-0.39, 0.29) is 5.54 Å². The molecule has 2 nitrogen and oxygen atoms in total. The fourth-order valence-electron chi connectivity index (χ4n) is 4.04. The van der Waals surface area contributed by atoms with E-state index >= 15 is 0 Å². The fourth-order valence-corrected chi connectivity index (χ4v) is 4.45. The maximum atomic E-state index is 6.21. The van der Waals surface area contributed by atoms with Gasteiger partial charge in [0, 0.05) is 22.6 Å². The first-order chi connectivity index (χ1) is 10.2. The van der Waals surface area contributed by atoms with Gasteiger partial charge in [-0.15, -0.1) is 0 Å². The highest BCUT2D eigenvalue weighted by molar-refractivity contribution is 9.10. The number of halogens is 1. The first-order valence-corrected chi connectivity index (χ1v) is 9.25. The molecule has 1 unspecified atom stereocenters. The van der Waals surface area contributed by atoms with Gasteiger partial charge >= 0.3 is 0 Å². The molecule has 2 aliphatic rings. The van der Waals surface area contributed by atoms with Gasteiger partial charge in [-0.05, 0) is 55.4 Å². The van der Waals surface area contributed by atoms with Crippen LogP contribution in [0, 0.1) is 0 Å². The summed E-state index contributed by atoms with van der Waals surface area (Å²) >= 11 is 3.58. The summed E-state index contributed by atoms with van der Waals surface area (Å²) in [5.74, 6) is 0. The lowest BCUT2D eigenvalue weighted by Crippen LogP contribution is -2.58. The average molecular weight is 351 g/mol. The van der Waals surface area contributed by atoms with Gasteiger partial charge in [0.15, 0.2) is 0 Å². The summed E-state index contributed by atoms with van der Waals surface area (Å²) < 4.78 is 1.19. The molecule has 1 aromatic rings. The van der Waals surface area contributed by atoms with Crippen molar-refractivity contribution >= 4 is 15.9 Å². The minimum absolute atomic E-state index is 0.121. The monoisotopic (exact) mass is 350 g/mol. The highest BCUT2D eigenvalue weighted by Crippen LogP contribution is 2.31. The van der Waals surface area contributed by atoms with Crippen molar-refractivity contribution < 1.29 is 0 Å². The molecular formula is C18H27BrN2. The van der Waals surface area contributed by atoms with Gasteiger partial charge in [-0.25, -0.2) is 0 Å². The molecule has 3 heteroatoms. The van der Waals surface area contributed by atoms with Crippen LogP contribution in [-0.2, 0) is 12.8 Å². The topological polar surface area (TPSA) is 38.0 Å². The SMILES string of the molecule is NCC1(NC2CCCCCC2)CCc2cc(Br)ccc2C1. The Balaban J connectivity index is 1.73. The molecule has 3 N–H and O–H groups in total. The molecule has 1 aromatic carbocycles. The van der Waals surface area contributed by atoms with Crippen molar-refractivity contribution in [2.75, 3.05) is 6.54 Å². The Kier molecular flexibility index (Phi) is 5.03. The second-order valence-corrected chi connectivity index (χ2v) is 7.82. The van der Waals surface area contributed by atoms with Crippen molar-refractivity contribution in [2.45, 2.75) is 69.4 Å². The molecule has 0 spiro atoms. The number of benzene rings is 1. The van der Waals surface area contributed by atoms with E-state index in [1.165, 1.54) is 60.5 Å². The molecule has 1 atom stereocenters. The fraction of sp³-hybridized carbons (Fsp3) is 0.667. The Morgan fingerprint density at radius 3 is 2.62 bits per heavy atom. The first-order valence-electron chi connectivity index (χ1n) is 8.46. The molecule has 1 saturated carbocycles. The van der Waals surface area contributed by atoms with Crippen LogP contribution in [0.5, 0.6) is 0 Å². The van der Waals surface area contributed by atoms with Crippen molar-refractivity contribution in [3.63, 3.8) is 0 Å². The number of hydrogen-bond donors (Lipinski definition) is 2. The zero-order valence-electron chi connectivity index (χ0n) is 12.8. The zero-order chi connectivity index (χ0) is 14.7. The molecule has 0 radical (unpaired) electrons. The summed E-state index contributed by atoms with van der Waals surface area (Å²) in [7, 11) is 0. The minimum Gasteiger partial charge on any atom is -0.329 e. The lowest BCUT2D eigenvalue weighted by Gasteiger charge is -2.41. The number of fused-ring (bicyclic) bond motifs is 1. The van der Waals surface area contributed by atoms with Crippen molar-refractivity contribution in [1.29, 1.82) is 0 Å². The van der Waals surface area contributed by atoms with Gasteiger partial charge in [-0.2, -0.15) is 0 Å². The minimum atomic E-state index is 0.121. The van der Waals surface area contributed by atoms with Gasteiger partial charge < -0.3 is 11.1 Å². The van der Waals surface area contributed by atoms with Crippen LogP contribution in [-0.4, -0.2) is 18.1 Å². The lowest BCUT2D eigenvalue weighted by molar-refractivity contribution is 0.247. The molecule has 0 aliphatic heterocycles. The van der Waals surface area contributed by atoms with Gasteiger partial charge in [0.05, 0.1) is 0 Å². The molecule has 0 amide bonds. The Hall–Kier alpha value is -0.380. The average Bonchev–Trinajstić information content (AvgIpc) is 2.76. The predicted molar refractivity (Wildman–Crippen MR) is 92.6 cm³/mol.